The van der Waals surface area contributed by atoms with Gasteiger partial charge in [0.15, 0.2) is 0 Å². The number of nitrogens with zero attached hydrogens (tertiary/aromatic N) is 6. The van der Waals surface area contributed by atoms with Crippen molar-refractivity contribution in [3.63, 3.8) is 0 Å². The number of amides is 4. The number of fused-ring (bicyclic) bond motifs is 1. The van der Waals surface area contributed by atoms with Crippen molar-refractivity contribution in [1.29, 1.82) is 0 Å². The Morgan fingerprint density at radius 1 is 1.30 bits per heavy atom. The predicted octanol–water partition coefficient (Wildman–Crippen LogP) is 0.511. The fourth-order valence-corrected chi connectivity index (χ4v) is 4.04. The number of tetrazole rings is 1. The van der Waals surface area contributed by atoms with Gasteiger partial charge in [-0.1, -0.05) is 6.92 Å². The normalized spacial score (nSPS) is 18.7. The monoisotopic (exact) mass is 516 g/mol. The number of anilines is 1. The lowest BCUT2D eigenvalue weighted by Crippen LogP contribution is -2.49. The lowest BCUT2D eigenvalue weighted by atomic mass is 10.0. The van der Waals surface area contributed by atoms with Gasteiger partial charge in [0.05, 0.1) is 25.6 Å². The summed E-state index contributed by atoms with van der Waals surface area (Å²) in [7, 11) is 1.70. The topological polar surface area (TPSA) is 155 Å². The summed E-state index contributed by atoms with van der Waals surface area (Å²) in [6.07, 6.45) is 0.938. The minimum Gasteiger partial charge on any atom is -0.488 e. The van der Waals surface area contributed by atoms with E-state index in [9.17, 15) is 19.5 Å². The lowest BCUT2D eigenvalue weighted by molar-refractivity contribution is -0.134. The molecule has 0 saturated heterocycles. The molecule has 1 aromatic carbocycles. The summed E-state index contributed by atoms with van der Waals surface area (Å²) in [4.78, 5) is 41.5. The summed E-state index contributed by atoms with van der Waals surface area (Å²) < 4.78 is 7.70. The molecule has 1 aliphatic rings. The minimum atomic E-state index is -0.429. The SMILES string of the molecule is CC(C)NC(=O)N(C)C[C@@H]1Oc2ccc(NC(=O)Cn3cnnn3)cc2CC(=O)N([C@H](C)CO)C[C@@H]1C. The fraction of sp³-hybridized carbons (Fsp3) is 0.583. The van der Waals surface area contributed by atoms with Crippen molar-refractivity contribution in [2.45, 2.75) is 58.8 Å². The van der Waals surface area contributed by atoms with Gasteiger partial charge in [-0.2, -0.15) is 0 Å². The number of aliphatic hydroxyl groups excluding tert-OH is 1. The van der Waals surface area contributed by atoms with Crippen LogP contribution in [0, 0.1) is 5.92 Å². The van der Waals surface area contributed by atoms with Crippen molar-refractivity contribution in [1.82, 2.24) is 35.3 Å². The van der Waals surface area contributed by atoms with E-state index in [0.29, 0.717) is 30.1 Å². The van der Waals surface area contributed by atoms with Crippen molar-refractivity contribution in [3.05, 3.63) is 30.1 Å². The van der Waals surface area contributed by atoms with Gasteiger partial charge in [0.25, 0.3) is 0 Å². The third-order valence-electron chi connectivity index (χ3n) is 6.11. The van der Waals surface area contributed by atoms with Crippen molar-refractivity contribution < 1.29 is 24.2 Å². The summed E-state index contributed by atoms with van der Waals surface area (Å²) in [5.41, 5.74) is 1.08. The van der Waals surface area contributed by atoms with Gasteiger partial charge in [-0.3, -0.25) is 9.59 Å². The van der Waals surface area contributed by atoms with Crippen LogP contribution in [0.1, 0.15) is 33.3 Å². The number of benzene rings is 1. The molecule has 13 nitrogen and oxygen atoms in total. The van der Waals surface area contributed by atoms with E-state index in [4.69, 9.17) is 4.74 Å². The molecule has 3 rings (SSSR count). The van der Waals surface area contributed by atoms with E-state index in [1.54, 1.807) is 42.0 Å². The fourth-order valence-electron chi connectivity index (χ4n) is 4.04. The Balaban J connectivity index is 1.87. The van der Waals surface area contributed by atoms with Gasteiger partial charge < -0.3 is 30.3 Å². The Morgan fingerprint density at radius 3 is 2.70 bits per heavy atom. The highest BCUT2D eigenvalue weighted by molar-refractivity contribution is 5.91. The maximum absolute atomic E-state index is 13.3. The van der Waals surface area contributed by atoms with Crippen LogP contribution in [-0.2, 0) is 22.6 Å². The first-order chi connectivity index (χ1) is 17.6. The molecule has 13 heteroatoms. The Labute approximate surface area is 216 Å². The zero-order valence-corrected chi connectivity index (χ0v) is 21.9. The molecule has 3 N–H and O–H groups in total. The number of hydrogen-bond donors (Lipinski definition) is 3. The van der Waals surface area contributed by atoms with Crippen LogP contribution in [0.2, 0.25) is 0 Å². The molecule has 202 valence electrons. The van der Waals surface area contributed by atoms with E-state index in [1.807, 2.05) is 20.8 Å². The molecular formula is C24H36N8O5. The first-order valence-electron chi connectivity index (χ1n) is 12.3. The number of hydrogen-bond acceptors (Lipinski definition) is 8. The quantitative estimate of drug-likeness (QED) is 0.458. The van der Waals surface area contributed by atoms with Gasteiger partial charge >= 0.3 is 6.03 Å². The maximum atomic E-state index is 13.3. The smallest absolute Gasteiger partial charge is 0.317 e. The number of nitrogens with one attached hydrogen (secondary N) is 2. The molecule has 0 bridgehead atoms. The van der Waals surface area contributed by atoms with E-state index >= 15 is 0 Å². The Kier molecular flexibility index (Phi) is 9.39. The molecule has 1 aromatic heterocycles. The van der Waals surface area contributed by atoms with Gasteiger partial charge in [-0.25, -0.2) is 9.48 Å². The van der Waals surface area contributed by atoms with Gasteiger partial charge in [0.1, 0.15) is 24.7 Å². The second-order valence-electron chi connectivity index (χ2n) is 9.75. The molecule has 2 heterocycles. The molecule has 2 aromatic rings. The Bertz CT molecular complexity index is 1080. The zero-order chi connectivity index (χ0) is 27.1. The third kappa shape index (κ3) is 7.62. The van der Waals surface area contributed by atoms with E-state index in [1.165, 1.54) is 11.0 Å². The van der Waals surface area contributed by atoms with Gasteiger partial charge in [0.2, 0.25) is 11.8 Å². The summed E-state index contributed by atoms with van der Waals surface area (Å²) in [5.74, 6) is -0.141. The number of urea groups is 1. The highest BCUT2D eigenvalue weighted by Gasteiger charge is 2.32. The number of aromatic nitrogens is 4. The second-order valence-corrected chi connectivity index (χ2v) is 9.75. The van der Waals surface area contributed by atoms with Crippen LogP contribution in [0.15, 0.2) is 24.5 Å². The van der Waals surface area contributed by atoms with Crippen LogP contribution in [0.4, 0.5) is 10.5 Å². The van der Waals surface area contributed by atoms with Crippen LogP contribution in [0.25, 0.3) is 0 Å². The average Bonchev–Trinajstić information content (AvgIpc) is 3.35. The van der Waals surface area contributed by atoms with Crippen molar-refractivity contribution in [2.75, 3.05) is 32.1 Å². The highest BCUT2D eigenvalue weighted by Crippen LogP contribution is 2.29. The highest BCUT2D eigenvalue weighted by atomic mass is 16.5. The molecule has 0 spiro atoms. The minimum absolute atomic E-state index is 0.0116. The molecule has 0 unspecified atom stereocenters. The number of carbonyl (C=O) groups is 3. The molecule has 0 aliphatic carbocycles. The Morgan fingerprint density at radius 2 is 2.05 bits per heavy atom. The van der Waals surface area contributed by atoms with E-state index in [2.05, 4.69) is 26.2 Å². The summed E-state index contributed by atoms with van der Waals surface area (Å²) >= 11 is 0. The second kappa shape index (κ2) is 12.5. The predicted molar refractivity (Wildman–Crippen MR) is 135 cm³/mol. The maximum Gasteiger partial charge on any atom is 0.317 e. The van der Waals surface area contributed by atoms with E-state index < -0.39 is 12.1 Å². The standard InChI is InChI=1S/C24H36N8O5/c1-15(2)26-24(36)30(5)11-21-16(3)10-32(17(4)13-33)23(35)9-18-8-19(6-7-20(18)37-21)27-22(34)12-31-14-25-28-29-31/h6-8,14-17,21,33H,9-13H2,1-5H3,(H,26,36)(H,27,34)/t16-,17+,21-/m0/s1. The summed E-state index contributed by atoms with van der Waals surface area (Å²) in [6, 6.07) is 4.50. The molecule has 3 atom stereocenters. The molecule has 4 amide bonds. The Hall–Kier alpha value is -3.74. The van der Waals surface area contributed by atoms with Crippen LogP contribution >= 0.6 is 0 Å². The first kappa shape index (κ1) is 27.8. The number of carbonyl (C=O) groups excluding carboxylic acids is 3. The molecule has 37 heavy (non-hydrogen) atoms. The molecular weight excluding hydrogens is 480 g/mol. The summed E-state index contributed by atoms with van der Waals surface area (Å²) in [5, 5.41) is 26.2. The van der Waals surface area contributed by atoms with Crippen molar-refractivity contribution in [2.24, 2.45) is 5.92 Å². The number of ether oxygens (including phenoxy) is 1. The number of rotatable bonds is 8. The number of likely N-dealkylation sites (N-methyl/N-ethyl adjacent to an activating group) is 1. The molecule has 1 aliphatic heterocycles. The summed E-state index contributed by atoms with van der Waals surface area (Å²) in [6.45, 7) is 7.93. The first-order valence-corrected chi connectivity index (χ1v) is 12.3. The van der Waals surface area contributed by atoms with Gasteiger partial charge in [-0.15, -0.1) is 5.10 Å². The van der Waals surface area contributed by atoms with E-state index in [0.717, 1.165) is 0 Å². The molecule has 0 radical (unpaired) electrons. The molecule has 0 saturated carbocycles. The zero-order valence-electron chi connectivity index (χ0n) is 21.9. The van der Waals surface area contributed by atoms with Gasteiger partial charge in [0, 0.05) is 36.8 Å². The van der Waals surface area contributed by atoms with Crippen LogP contribution in [-0.4, -0.2) is 97.9 Å². The van der Waals surface area contributed by atoms with Crippen molar-refractivity contribution in [3.8, 4) is 5.75 Å². The number of aliphatic hydroxyl groups is 1. The van der Waals surface area contributed by atoms with Crippen molar-refractivity contribution >= 4 is 23.5 Å². The largest absolute Gasteiger partial charge is 0.488 e. The van der Waals surface area contributed by atoms with Crippen LogP contribution in [0.5, 0.6) is 5.75 Å². The lowest BCUT2D eigenvalue weighted by Gasteiger charge is -2.34. The van der Waals surface area contributed by atoms with Gasteiger partial charge in [-0.05, 0) is 49.4 Å². The van der Waals surface area contributed by atoms with Crippen LogP contribution < -0.4 is 15.4 Å². The molecule has 0 fully saturated rings. The third-order valence-corrected chi connectivity index (χ3v) is 6.11. The van der Waals surface area contributed by atoms with Crippen LogP contribution in [0.3, 0.4) is 0 Å². The van der Waals surface area contributed by atoms with E-state index in [-0.39, 0.29) is 49.4 Å². The average molecular weight is 517 g/mol.